The van der Waals surface area contributed by atoms with Crippen LogP contribution in [0.15, 0.2) is 54.7 Å². The Balaban J connectivity index is 0.000000203. The maximum absolute atomic E-state index is 4.40. The average Bonchev–Trinajstić information content (AvgIpc) is 3.72. The van der Waals surface area contributed by atoms with Gasteiger partial charge in [0.25, 0.3) is 0 Å². The number of anilines is 2. The highest BCUT2D eigenvalue weighted by Gasteiger charge is 2.28. The molecule has 0 bridgehead atoms. The smallest absolute Gasteiger partial charge is 0.128 e. The van der Waals surface area contributed by atoms with Gasteiger partial charge in [-0.05, 0) is 199 Å². The minimum atomic E-state index is 0.288. The van der Waals surface area contributed by atoms with Gasteiger partial charge in [-0.15, -0.1) is 0 Å². The van der Waals surface area contributed by atoms with E-state index in [0.29, 0.717) is 22.2 Å². The normalized spacial score (nSPS) is 20.7. The van der Waals surface area contributed by atoms with Crippen LogP contribution in [0.3, 0.4) is 0 Å². The van der Waals surface area contributed by atoms with Crippen molar-refractivity contribution in [2.75, 3.05) is 101 Å². The van der Waals surface area contributed by atoms with Crippen LogP contribution >= 0.6 is 0 Å². The Morgan fingerprint density at radius 2 is 0.644 bits per heavy atom. The molecule has 338 valence electrons. The van der Waals surface area contributed by atoms with Crippen LogP contribution in [0, 0.1) is 0 Å². The minimum absolute atomic E-state index is 0.288. The maximum atomic E-state index is 4.40. The molecule has 1 aromatic carbocycles. The van der Waals surface area contributed by atoms with Gasteiger partial charge in [-0.3, -0.25) is 24.5 Å². The highest BCUT2D eigenvalue weighted by Crippen LogP contribution is 2.23. The van der Waals surface area contributed by atoms with Crippen LogP contribution in [0.1, 0.15) is 142 Å². The summed E-state index contributed by atoms with van der Waals surface area (Å²) in [5.74, 6) is 1.11. The number of para-hydroxylation sites is 1. The number of pyridine rings is 1. The van der Waals surface area contributed by atoms with Crippen molar-refractivity contribution >= 4 is 11.5 Å². The van der Waals surface area contributed by atoms with E-state index in [1.807, 2.05) is 12.3 Å². The Morgan fingerprint density at radius 3 is 0.949 bits per heavy atom. The predicted molar refractivity (Wildman–Crippen MR) is 259 cm³/mol. The first kappa shape index (κ1) is 51.1. The summed E-state index contributed by atoms with van der Waals surface area (Å²) in [5, 5.41) is 0. The SMILES string of the molecule is CC(C)(C)N1CCC1.CC(C)(C)N1CCCC1.CC(C)(C)N1CCCCC1.CC(C)(C)N1CCN(c2ccccc2)CC1.CC(C)(C)N1CCN(c2ccccn2)CC1. The zero-order valence-electron chi connectivity index (χ0n) is 41.4. The predicted octanol–water partition coefficient (Wildman–Crippen LogP) is 10.3. The second-order valence-electron chi connectivity index (χ2n) is 22.4. The Bertz CT molecular complexity index is 1290. The lowest BCUT2D eigenvalue weighted by molar-refractivity contribution is 0.0690. The summed E-state index contributed by atoms with van der Waals surface area (Å²) in [7, 11) is 0. The van der Waals surface area contributed by atoms with Crippen LogP contribution in [0.25, 0.3) is 0 Å². The number of rotatable bonds is 2. The van der Waals surface area contributed by atoms with Crippen molar-refractivity contribution in [3.63, 3.8) is 0 Å². The molecule has 1 aromatic heterocycles. The Labute approximate surface area is 366 Å². The van der Waals surface area contributed by atoms with Crippen LogP contribution in [-0.2, 0) is 0 Å². The summed E-state index contributed by atoms with van der Waals surface area (Å²) in [6.45, 7) is 51.2. The van der Waals surface area contributed by atoms with Crippen molar-refractivity contribution in [1.82, 2.24) is 29.5 Å². The molecule has 0 N–H and O–H groups in total. The molecule has 0 radical (unpaired) electrons. The molecule has 8 heteroatoms. The number of nitrogens with zero attached hydrogens (tertiary/aromatic N) is 8. The van der Waals surface area contributed by atoms with Crippen molar-refractivity contribution in [2.45, 2.75) is 170 Å². The van der Waals surface area contributed by atoms with Gasteiger partial charge in [-0.2, -0.15) is 0 Å². The van der Waals surface area contributed by atoms with Gasteiger partial charge in [0.15, 0.2) is 0 Å². The van der Waals surface area contributed by atoms with E-state index in [4.69, 9.17) is 0 Å². The third kappa shape index (κ3) is 18.7. The standard InChI is InChI=1S/C14H22N2.C13H21N3.C9H19N.C8H17N.C7H15N/c1-14(2,3)16-11-9-15(10-12-16)13-7-5-4-6-8-13;1-13(2,3)16-10-8-15(9-11-16)12-6-4-5-7-14-12;1-9(2,3)10-7-5-4-6-8-10;1-8(2,3)9-6-4-5-7-9;1-7(2,3)8-5-4-6-8/h4-8H,9-12H2,1-3H3;4-7H,8-11H2,1-3H3;4-8H2,1-3H3;4-7H2,1-3H3;4-6H2,1-3H3. The maximum Gasteiger partial charge on any atom is 0.128 e. The molecule has 0 atom stereocenters. The number of benzene rings is 1. The highest BCUT2D eigenvalue weighted by atomic mass is 15.3. The molecule has 2 aromatic rings. The molecule has 7 rings (SSSR count). The quantitative estimate of drug-likeness (QED) is 0.297. The van der Waals surface area contributed by atoms with Crippen molar-refractivity contribution in [3.05, 3.63) is 54.7 Å². The lowest BCUT2D eigenvalue weighted by Crippen LogP contribution is -2.53. The Hall–Kier alpha value is -2.23. The molecule has 0 spiro atoms. The third-order valence-electron chi connectivity index (χ3n) is 12.7. The van der Waals surface area contributed by atoms with E-state index in [2.05, 4.69) is 186 Å². The van der Waals surface area contributed by atoms with Crippen LogP contribution < -0.4 is 9.80 Å². The molecular weight excluding hydrogens is 725 g/mol. The van der Waals surface area contributed by atoms with Crippen LogP contribution in [0.2, 0.25) is 0 Å². The summed E-state index contributed by atoms with van der Waals surface area (Å²) < 4.78 is 0. The molecule has 5 aliphatic heterocycles. The van der Waals surface area contributed by atoms with Crippen LogP contribution in [0.4, 0.5) is 11.5 Å². The van der Waals surface area contributed by atoms with E-state index in [-0.39, 0.29) is 5.54 Å². The van der Waals surface area contributed by atoms with E-state index in [1.54, 1.807) is 0 Å². The fourth-order valence-corrected chi connectivity index (χ4v) is 8.36. The second kappa shape index (κ2) is 23.3. The van der Waals surface area contributed by atoms with Gasteiger partial charge in [-0.1, -0.05) is 30.7 Å². The first-order chi connectivity index (χ1) is 27.5. The molecule has 5 saturated heterocycles. The second-order valence-corrected chi connectivity index (χ2v) is 22.4. The Kier molecular flexibility index (Phi) is 20.2. The fourth-order valence-electron chi connectivity index (χ4n) is 8.36. The Morgan fingerprint density at radius 1 is 0.322 bits per heavy atom. The van der Waals surface area contributed by atoms with Crippen molar-refractivity contribution in [3.8, 4) is 0 Å². The average molecular weight is 819 g/mol. The van der Waals surface area contributed by atoms with Gasteiger partial charge in [0, 0.05) is 91.9 Å². The van der Waals surface area contributed by atoms with Crippen molar-refractivity contribution < 1.29 is 0 Å². The summed E-state index contributed by atoms with van der Waals surface area (Å²) in [6.07, 6.45) is 10.3. The molecule has 0 unspecified atom stereocenters. The topological polar surface area (TPSA) is 35.6 Å². The lowest BCUT2D eigenvalue weighted by Gasteiger charge is -2.43. The first-order valence-electron chi connectivity index (χ1n) is 23.7. The van der Waals surface area contributed by atoms with Crippen molar-refractivity contribution in [1.29, 1.82) is 0 Å². The lowest BCUT2D eigenvalue weighted by atomic mass is 10.0. The van der Waals surface area contributed by atoms with Crippen LogP contribution in [0.5, 0.6) is 0 Å². The van der Waals surface area contributed by atoms with E-state index in [9.17, 15) is 0 Å². The minimum Gasteiger partial charge on any atom is -0.369 e. The largest absolute Gasteiger partial charge is 0.369 e. The molecule has 6 heterocycles. The first-order valence-corrected chi connectivity index (χ1v) is 23.7. The molecule has 8 nitrogen and oxygen atoms in total. The molecule has 5 aliphatic rings. The summed E-state index contributed by atoms with van der Waals surface area (Å²) in [5.41, 5.74) is 3.20. The summed E-state index contributed by atoms with van der Waals surface area (Å²) in [4.78, 5) is 22.0. The van der Waals surface area contributed by atoms with E-state index in [1.165, 1.54) is 96.6 Å². The fraction of sp³-hybridized carbons (Fsp3) is 0.784. The monoisotopic (exact) mass is 819 g/mol. The van der Waals surface area contributed by atoms with Gasteiger partial charge >= 0.3 is 0 Å². The van der Waals surface area contributed by atoms with Gasteiger partial charge < -0.3 is 9.80 Å². The molecule has 5 fully saturated rings. The van der Waals surface area contributed by atoms with E-state index < -0.39 is 0 Å². The summed E-state index contributed by atoms with van der Waals surface area (Å²) >= 11 is 0. The molecule has 0 amide bonds. The zero-order chi connectivity index (χ0) is 43.9. The molecular formula is C51H94N8. The number of hydrogen-bond acceptors (Lipinski definition) is 8. The number of piperidine rings is 1. The van der Waals surface area contributed by atoms with Gasteiger partial charge in [0.05, 0.1) is 0 Å². The molecule has 0 aliphatic carbocycles. The third-order valence-corrected chi connectivity index (χ3v) is 12.7. The van der Waals surface area contributed by atoms with E-state index in [0.717, 1.165) is 45.1 Å². The number of piperazine rings is 2. The van der Waals surface area contributed by atoms with Gasteiger partial charge in [0.2, 0.25) is 0 Å². The van der Waals surface area contributed by atoms with Gasteiger partial charge in [0.1, 0.15) is 5.82 Å². The van der Waals surface area contributed by atoms with Gasteiger partial charge in [-0.25, -0.2) is 4.98 Å². The highest BCUT2D eigenvalue weighted by molar-refractivity contribution is 5.46. The molecule has 59 heavy (non-hydrogen) atoms. The molecule has 0 saturated carbocycles. The zero-order valence-corrected chi connectivity index (χ0v) is 41.4. The summed E-state index contributed by atoms with van der Waals surface area (Å²) in [6, 6.07) is 16.8. The van der Waals surface area contributed by atoms with E-state index >= 15 is 0 Å². The van der Waals surface area contributed by atoms with Crippen molar-refractivity contribution in [2.24, 2.45) is 0 Å². The number of aromatic nitrogens is 1. The number of likely N-dealkylation sites (tertiary alicyclic amines) is 3. The number of hydrogen-bond donors (Lipinski definition) is 0. The van der Waals surface area contributed by atoms with Crippen LogP contribution in [-0.4, -0.2) is 149 Å².